The number of hydrogen-bond donors (Lipinski definition) is 2. The molecule has 0 aliphatic carbocycles. The second-order valence-electron chi connectivity index (χ2n) is 4.94. The number of rotatable bonds is 6. The van der Waals surface area contributed by atoms with E-state index < -0.39 is 10.0 Å². The summed E-state index contributed by atoms with van der Waals surface area (Å²) < 4.78 is 26.3. The summed E-state index contributed by atoms with van der Waals surface area (Å²) in [5, 5.41) is 9.98. The van der Waals surface area contributed by atoms with Gasteiger partial charge in [-0.3, -0.25) is 10.1 Å². The minimum absolute atomic E-state index is 0.138. The molecule has 7 nitrogen and oxygen atoms in total. The molecule has 1 amide bonds. The van der Waals surface area contributed by atoms with E-state index in [0.717, 1.165) is 11.3 Å². The van der Waals surface area contributed by atoms with E-state index >= 15 is 0 Å². The fourth-order valence-corrected chi connectivity index (χ4v) is 3.62. The summed E-state index contributed by atoms with van der Waals surface area (Å²) >= 11 is 0.810. The maximum Gasteiger partial charge on any atom is 0.269 e. The minimum Gasteiger partial charge on any atom is -0.296 e. The van der Waals surface area contributed by atoms with E-state index in [1.165, 1.54) is 0 Å². The molecule has 0 unspecified atom stereocenters. The van der Waals surface area contributed by atoms with E-state index in [4.69, 9.17) is 0 Å². The van der Waals surface area contributed by atoms with Crippen LogP contribution in [-0.4, -0.2) is 31.1 Å². The Morgan fingerprint density at radius 3 is 2.55 bits per heavy atom. The van der Waals surface area contributed by atoms with Gasteiger partial charge < -0.3 is 0 Å². The molecule has 9 heteroatoms. The highest BCUT2D eigenvalue weighted by Gasteiger charge is 2.21. The van der Waals surface area contributed by atoms with Crippen molar-refractivity contribution in [2.45, 2.75) is 18.2 Å². The summed E-state index contributed by atoms with van der Waals surface area (Å²) in [6.07, 6.45) is 0. The summed E-state index contributed by atoms with van der Waals surface area (Å²) in [5.74, 6) is -0.184. The van der Waals surface area contributed by atoms with Gasteiger partial charge in [0.05, 0.1) is 0 Å². The number of amides is 1. The second-order valence-corrected chi connectivity index (χ2v) is 7.86. The summed E-state index contributed by atoms with van der Waals surface area (Å²) in [4.78, 5) is 12.0. The molecule has 2 N–H and O–H groups in total. The van der Waals surface area contributed by atoms with Crippen LogP contribution >= 0.6 is 11.3 Å². The van der Waals surface area contributed by atoms with Crippen LogP contribution in [0.4, 0.5) is 5.13 Å². The first kappa shape index (κ1) is 16.5. The lowest BCUT2D eigenvalue weighted by Gasteiger charge is -2.05. The number of aromatic nitrogens is 2. The van der Waals surface area contributed by atoms with Crippen LogP contribution in [-0.2, 0) is 10.0 Å². The van der Waals surface area contributed by atoms with Gasteiger partial charge in [0, 0.05) is 12.1 Å². The van der Waals surface area contributed by atoms with Gasteiger partial charge in [0.2, 0.25) is 9.47 Å². The van der Waals surface area contributed by atoms with E-state index in [1.807, 2.05) is 13.8 Å². The largest absolute Gasteiger partial charge is 0.296 e. The first-order valence-corrected chi connectivity index (χ1v) is 8.88. The van der Waals surface area contributed by atoms with Crippen LogP contribution in [0, 0.1) is 5.92 Å². The molecule has 0 bridgehead atoms. The number of benzene rings is 1. The Balaban J connectivity index is 2.07. The van der Waals surface area contributed by atoms with Crippen LogP contribution in [0.15, 0.2) is 34.7 Å². The molecule has 2 aromatic rings. The molecule has 0 spiro atoms. The fourth-order valence-electron chi connectivity index (χ4n) is 1.47. The molecular weight excluding hydrogens is 324 g/mol. The Bertz CT molecular complexity index is 742. The molecule has 0 atom stereocenters. The summed E-state index contributed by atoms with van der Waals surface area (Å²) in [6.45, 7) is 4.11. The van der Waals surface area contributed by atoms with Gasteiger partial charge in [-0.15, -0.1) is 10.2 Å². The third kappa shape index (κ3) is 4.33. The van der Waals surface area contributed by atoms with E-state index in [1.54, 1.807) is 30.3 Å². The van der Waals surface area contributed by atoms with E-state index in [9.17, 15) is 13.2 Å². The first-order chi connectivity index (χ1) is 10.4. The average Bonchev–Trinajstić information content (AvgIpc) is 2.95. The number of hydrogen-bond acceptors (Lipinski definition) is 6. The van der Waals surface area contributed by atoms with Crippen LogP contribution in [0.5, 0.6) is 0 Å². The van der Waals surface area contributed by atoms with Crippen LogP contribution in [0.3, 0.4) is 0 Å². The molecular formula is C13H16N4O3S2. The zero-order chi connectivity index (χ0) is 16.2. The van der Waals surface area contributed by atoms with Gasteiger partial charge in [-0.25, -0.2) is 13.1 Å². The van der Waals surface area contributed by atoms with Crippen LogP contribution < -0.4 is 10.0 Å². The average molecular weight is 340 g/mol. The van der Waals surface area contributed by atoms with Gasteiger partial charge in [-0.1, -0.05) is 43.4 Å². The first-order valence-electron chi connectivity index (χ1n) is 6.58. The van der Waals surface area contributed by atoms with Gasteiger partial charge in [-0.2, -0.15) is 0 Å². The quantitative estimate of drug-likeness (QED) is 0.780. The van der Waals surface area contributed by atoms with E-state index in [0.29, 0.717) is 12.1 Å². The fraction of sp³-hybridized carbons (Fsp3) is 0.308. The third-order valence-corrected chi connectivity index (χ3v) is 5.20. The molecule has 0 fully saturated rings. The lowest BCUT2D eigenvalue weighted by molar-refractivity contribution is 0.102. The molecule has 0 radical (unpaired) electrons. The highest BCUT2D eigenvalue weighted by Crippen LogP contribution is 2.20. The maximum atomic E-state index is 12.0. The van der Waals surface area contributed by atoms with Crippen molar-refractivity contribution in [2.75, 3.05) is 11.9 Å². The van der Waals surface area contributed by atoms with Crippen molar-refractivity contribution >= 4 is 32.4 Å². The number of nitrogens with one attached hydrogen (secondary N) is 2. The van der Waals surface area contributed by atoms with Crippen molar-refractivity contribution in [1.29, 1.82) is 0 Å². The zero-order valence-corrected chi connectivity index (χ0v) is 13.7. The number of sulfonamides is 1. The smallest absolute Gasteiger partial charge is 0.269 e. The predicted octanol–water partition coefficient (Wildman–Crippen LogP) is 1.72. The lowest BCUT2D eigenvalue weighted by atomic mass is 10.2. The van der Waals surface area contributed by atoms with Gasteiger partial charge in [0.1, 0.15) is 0 Å². The third-order valence-electron chi connectivity index (χ3n) is 2.57. The highest BCUT2D eigenvalue weighted by molar-refractivity contribution is 7.91. The number of carbonyl (C=O) groups excluding carboxylic acids is 1. The molecule has 0 saturated heterocycles. The van der Waals surface area contributed by atoms with Gasteiger partial charge >= 0.3 is 0 Å². The Labute approximate surface area is 132 Å². The Morgan fingerprint density at radius 1 is 1.23 bits per heavy atom. The summed E-state index contributed by atoms with van der Waals surface area (Å²) in [6, 6.07) is 8.57. The Morgan fingerprint density at radius 2 is 1.91 bits per heavy atom. The second kappa shape index (κ2) is 6.95. The van der Waals surface area contributed by atoms with Gasteiger partial charge in [0.25, 0.3) is 15.9 Å². The van der Waals surface area contributed by atoms with Crippen molar-refractivity contribution in [3.8, 4) is 0 Å². The molecule has 0 aliphatic heterocycles. The molecule has 1 aromatic carbocycles. The van der Waals surface area contributed by atoms with Crippen LogP contribution in [0.2, 0.25) is 0 Å². The number of nitrogens with zero attached hydrogens (tertiary/aromatic N) is 2. The molecule has 2 rings (SSSR count). The van der Waals surface area contributed by atoms with Crippen molar-refractivity contribution < 1.29 is 13.2 Å². The van der Waals surface area contributed by atoms with Gasteiger partial charge in [-0.05, 0) is 18.1 Å². The van der Waals surface area contributed by atoms with Crippen LogP contribution in [0.25, 0.3) is 0 Å². The molecule has 1 aromatic heterocycles. The molecule has 22 heavy (non-hydrogen) atoms. The number of carbonyl (C=O) groups is 1. The van der Waals surface area contributed by atoms with E-state index in [2.05, 4.69) is 20.2 Å². The standard InChI is InChI=1S/C13H16N4O3S2/c1-9(2)8-14-22(19,20)13-17-16-12(21-13)15-11(18)10-6-4-3-5-7-10/h3-7,9,14H,8H2,1-2H3,(H,15,16,18). The van der Waals surface area contributed by atoms with E-state index in [-0.39, 0.29) is 21.3 Å². The monoisotopic (exact) mass is 340 g/mol. The van der Waals surface area contributed by atoms with Crippen molar-refractivity contribution in [2.24, 2.45) is 5.92 Å². The van der Waals surface area contributed by atoms with Gasteiger partial charge in [0.15, 0.2) is 0 Å². The molecule has 1 heterocycles. The molecule has 118 valence electrons. The lowest BCUT2D eigenvalue weighted by Crippen LogP contribution is -2.27. The van der Waals surface area contributed by atoms with Crippen LogP contribution in [0.1, 0.15) is 24.2 Å². The zero-order valence-electron chi connectivity index (χ0n) is 12.1. The topological polar surface area (TPSA) is 101 Å². The summed E-state index contributed by atoms with van der Waals surface area (Å²) in [7, 11) is -3.69. The Kier molecular flexibility index (Phi) is 5.22. The van der Waals surface area contributed by atoms with Crippen molar-refractivity contribution in [3.05, 3.63) is 35.9 Å². The van der Waals surface area contributed by atoms with Crippen molar-refractivity contribution in [1.82, 2.24) is 14.9 Å². The SMILES string of the molecule is CC(C)CNS(=O)(=O)c1nnc(NC(=O)c2ccccc2)s1. The maximum absolute atomic E-state index is 12.0. The molecule has 0 saturated carbocycles. The Hall–Kier alpha value is -1.84. The predicted molar refractivity (Wildman–Crippen MR) is 84.3 cm³/mol. The highest BCUT2D eigenvalue weighted by atomic mass is 32.2. The minimum atomic E-state index is -3.69. The van der Waals surface area contributed by atoms with Crippen molar-refractivity contribution in [3.63, 3.8) is 0 Å². The number of anilines is 1. The molecule has 0 aliphatic rings. The normalized spacial score (nSPS) is 11.6. The summed E-state index contributed by atoms with van der Waals surface area (Å²) in [5.41, 5.74) is 0.458.